The van der Waals surface area contributed by atoms with Crippen molar-refractivity contribution >= 4 is 9.84 Å². The van der Waals surface area contributed by atoms with Crippen molar-refractivity contribution in [3.05, 3.63) is 70.3 Å². The average molecular weight is 463 g/mol. The number of pyridine rings is 1. The van der Waals surface area contributed by atoms with E-state index in [1.807, 2.05) is 0 Å². The van der Waals surface area contributed by atoms with Crippen LogP contribution in [0.3, 0.4) is 0 Å². The number of sulfone groups is 1. The minimum atomic E-state index is -4.88. The van der Waals surface area contributed by atoms with E-state index in [9.17, 15) is 26.4 Å². The summed E-state index contributed by atoms with van der Waals surface area (Å²) in [5.41, 5.74) is -1.32. The van der Waals surface area contributed by atoms with Crippen molar-refractivity contribution in [3.8, 4) is 29.4 Å². The first-order chi connectivity index (χ1) is 15.0. The number of rotatable bonds is 6. The van der Waals surface area contributed by atoms with Gasteiger partial charge in [-0.3, -0.25) is 4.79 Å². The summed E-state index contributed by atoms with van der Waals surface area (Å²) in [6, 6.07) is 9.85. The number of alkyl halides is 3. The van der Waals surface area contributed by atoms with Gasteiger partial charge in [0.1, 0.15) is 18.1 Å². The first-order valence-electron chi connectivity index (χ1n) is 9.00. The van der Waals surface area contributed by atoms with Crippen LogP contribution in [0.25, 0.3) is 11.3 Å². The van der Waals surface area contributed by atoms with Crippen molar-refractivity contribution in [2.45, 2.75) is 17.9 Å². The van der Waals surface area contributed by atoms with E-state index < -0.39 is 32.4 Å². The van der Waals surface area contributed by atoms with E-state index in [1.54, 1.807) is 24.3 Å². The lowest BCUT2D eigenvalue weighted by Crippen LogP contribution is -2.19. The molecule has 0 aliphatic heterocycles. The maximum Gasteiger partial charge on any atom is 0.433 e. The second-order valence-corrected chi connectivity index (χ2v) is 8.62. The summed E-state index contributed by atoms with van der Waals surface area (Å²) in [6.45, 7) is 0.146. The van der Waals surface area contributed by atoms with Crippen molar-refractivity contribution < 1.29 is 26.3 Å². The maximum atomic E-state index is 13.2. The fraction of sp³-hybridized carbons (Fsp3) is 0.190. The Morgan fingerprint density at radius 1 is 1.16 bits per heavy atom. The number of benzene rings is 1. The number of hydrogen-bond acceptors (Lipinski definition) is 6. The molecular formula is C21H16F3N3O4S. The van der Waals surface area contributed by atoms with Crippen LogP contribution >= 0.6 is 0 Å². The molecule has 0 radical (unpaired) electrons. The van der Waals surface area contributed by atoms with Gasteiger partial charge in [-0.05, 0) is 29.8 Å². The normalized spacial score (nSPS) is 11.7. The SMILES string of the molecule is C#CCOc1cccc(Cn2cc(-c3cc(C(F)(F)F)nc(S(C)(=O)=O)n3)ccc2=O)c1. The summed E-state index contributed by atoms with van der Waals surface area (Å²) in [4.78, 5) is 19.2. The minimum Gasteiger partial charge on any atom is -0.481 e. The summed E-state index contributed by atoms with van der Waals surface area (Å²) >= 11 is 0. The van der Waals surface area contributed by atoms with Crippen LogP contribution < -0.4 is 10.3 Å². The van der Waals surface area contributed by atoms with E-state index in [-0.39, 0.29) is 24.4 Å². The third-order valence-corrected chi connectivity index (χ3v) is 5.03. The highest BCUT2D eigenvalue weighted by Crippen LogP contribution is 2.30. The molecule has 0 spiro atoms. The first kappa shape index (κ1) is 23.0. The van der Waals surface area contributed by atoms with E-state index in [4.69, 9.17) is 11.2 Å². The van der Waals surface area contributed by atoms with Crippen LogP contribution in [0, 0.1) is 12.3 Å². The highest BCUT2D eigenvalue weighted by molar-refractivity contribution is 7.90. The van der Waals surface area contributed by atoms with Gasteiger partial charge in [-0.1, -0.05) is 18.1 Å². The van der Waals surface area contributed by atoms with Crippen LogP contribution in [0.5, 0.6) is 5.75 Å². The van der Waals surface area contributed by atoms with E-state index in [2.05, 4.69) is 15.9 Å². The molecule has 0 fully saturated rings. The molecule has 0 saturated carbocycles. The topological polar surface area (TPSA) is 91.2 Å². The van der Waals surface area contributed by atoms with Gasteiger partial charge in [0.2, 0.25) is 15.0 Å². The van der Waals surface area contributed by atoms with Gasteiger partial charge in [-0.15, -0.1) is 6.42 Å². The van der Waals surface area contributed by atoms with Crippen molar-refractivity contribution in [2.24, 2.45) is 0 Å². The zero-order valence-corrected chi connectivity index (χ0v) is 17.4. The molecule has 0 aliphatic rings. The minimum absolute atomic E-state index is 0.0663. The Morgan fingerprint density at radius 2 is 1.91 bits per heavy atom. The predicted octanol–water partition coefficient (Wildman–Crippen LogP) is 2.79. The molecule has 7 nitrogen and oxygen atoms in total. The molecule has 3 aromatic rings. The summed E-state index contributed by atoms with van der Waals surface area (Å²) in [7, 11) is -4.11. The van der Waals surface area contributed by atoms with Crippen LogP contribution in [0.1, 0.15) is 11.3 Å². The third kappa shape index (κ3) is 5.53. The Balaban J connectivity index is 2.04. The largest absolute Gasteiger partial charge is 0.481 e. The van der Waals surface area contributed by atoms with Crippen molar-refractivity contribution in [1.82, 2.24) is 14.5 Å². The molecule has 2 heterocycles. The lowest BCUT2D eigenvalue weighted by molar-refractivity contribution is -0.141. The molecule has 0 atom stereocenters. The summed E-state index contributed by atoms with van der Waals surface area (Å²) in [5, 5.41) is -0.960. The van der Waals surface area contributed by atoms with Gasteiger partial charge in [0.05, 0.1) is 12.2 Å². The van der Waals surface area contributed by atoms with Crippen molar-refractivity contribution in [3.63, 3.8) is 0 Å². The zero-order valence-electron chi connectivity index (χ0n) is 16.6. The standard InChI is InChI=1S/C21H16F3N3O4S/c1-3-9-31-16-6-4-5-14(10-16)12-27-13-15(7-8-19(27)28)17-11-18(21(22,23)24)26-20(25-17)32(2,29)30/h1,4-8,10-11,13H,9,12H2,2H3. The number of hydrogen-bond donors (Lipinski definition) is 0. The summed E-state index contributed by atoms with van der Waals surface area (Å²) < 4.78 is 69.9. The Kier molecular flexibility index (Phi) is 6.36. The average Bonchev–Trinajstić information content (AvgIpc) is 2.72. The Morgan fingerprint density at radius 3 is 2.56 bits per heavy atom. The number of halogens is 3. The molecule has 2 aromatic heterocycles. The predicted molar refractivity (Wildman–Crippen MR) is 110 cm³/mol. The molecule has 0 bridgehead atoms. The molecule has 3 rings (SSSR count). The number of nitrogens with zero attached hydrogens (tertiary/aromatic N) is 3. The lowest BCUT2D eigenvalue weighted by Gasteiger charge is -2.12. The first-order valence-corrected chi connectivity index (χ1v) is 10.9. The molecule has 0 N–H and O–H groups in total. The summed E-state index contributed by atoms with van der Waals surface area (Å²) in [5.74, 6) is 2.83. The maximum absolute atomic E-state index is 13.2. The smallest absolute Gasteiger partial charge is 0.433 e. The number of ether oxygens (including phenoxy) is 1. The van der Waals surface area contributed by atoms with Gasteiger partial charge in [0, 0.05) is 24.1 Å². The van der Waals surface area contributed by atoms with Gasteiger partial charge in [0.15, 0.2) is 0 Å². The molecule has 0 unspecified atom stereocenters. The van der Waals surface area contributed by atoms with E-state index >= 15 is 0 Å². The van der Waals surface area contributed by atoms with Crippen molar-refractivity contribution in [2.75, 3.05) is 12.9 Å². The third-order valence-electron chi connectivity index (χ3n) is 4.18. The quantitative estimate of drug-likeness (QED) is 0.413. The Bertz CT molecular complexity index is 1360. The van der Waals surface area contributed by atoms with E-state index in [1.165, 1.54) is 16.8 Å². The fourth-order valence-corrected chi connectivity index (χ4v) is 3.27. The molecule has 0 amide bonds. The fourth-order valence-electron chi connectivity index (χ4n) is 2.75. The number of aromatic nitrogens is 3. The summed E-state index contributed by atoms with van der Waals surface area (Å²) in [6.07, 6.45) is 2.29. The Hall–Kier alpha value is -3.65. The highest BCUT2D eigenvalue weighted by atomic mass is 32.2. The molecule has 0 aliphatic carbocycles. The zero-order chi connectivity index (χ0) is 23.5. The van der Waals surface area contributed by atoms with Gasteiger partial charge >= 0.3 is 6.18 Å². The van der Waals surface area contributed by atoms with Crippen molar-refractivity contribution in [1.29, 1.82) is 0 Å². The van der Waals surface area contributed by atoms with Gasteiger partial charge in [-0.25, -0.2) is 18.4 Å². The second kappa shape index (κ2) is 8.84. The van der Waals surface area contributed by atoms with E-state index in [0.29, 0.717) is 23.6 Å². The lowest BCUT2D eigenvalue weighted by atomic mass is 10.1. The van der Waals surface area contributed by atoms with Gasteiger partial charge in [-0.2, -0.15) is 13.2 Å². The molecule has 11 heteroatoms. The van der Waals surface area contributed by atoms with Gasteiger partial charge < -0.3 is 9.30 Å². The van der Waals surface area contributed by atoms with E-state index in [0.717, 1.165) is 6.07 Å². The molecule has 32 heavy (non-hydrogen) atoms. The molecule has 0 saturated heterocycles. The number of terminal acetylenes is 1. The second-order valence-electron chi connectivity index (χ2n) is 6.72. The van der Waals surface area contributed by atoms with Crippen LogP contribution in [-0.2, 0) is 22.6 Å². The molecule has 166 valence electrons. The van der Waals surface area contributed by atoms with Crippen LogP contribution in [0.15, 0.2) is 58.6 Å². The van der Waals surface area contributed by atoms with Crippen LogP contribution in [0.4, 0.5) is 13.2 Å². The molecule has 1 aromatic carbocycles. The monoisotopic (exact) mass is 463 g/mol. The highest BCUT2D eigenvalue weighted by Gasteiger charge is 2.35. The van der Waals surface area contributed by atoms with Crippen LogP contribution in [-0.4, -0.2) is 35.8 Å². The van der Waals surface area contributed by atoms with Gasteiger partial charge in [0.25, 0.3) is 5.56 Å². The Labute approximate surface area is 181 Å². The van der Waals surface area contributed by atoms with Crippen LogP contribution in [0.2, 0.25) is 0 Å². The molecular weight excluding hydrogens is 447 g/mol.